The van der Waals surface area contributed by atoms with Gasteiger partial charge in [-0.3, -0.25) is 0 Å². The van der Waals surface area contributed by atoms with Crippen LogP contribution in [0.4, 0.5) is 0 Å². The quantitative estimate of drug-likeness (QED) is 0.596. The number of benzene rings is 1. The van der Waals surface area contributed by atoms with Crippen LogP contribution in [0.1, 0.15) is 11.1 Å². The zero-order valence-electron chi connectivity index (χ0n) is 5.92. The first kappa shape index (κ1) is 7.43. The first-order valence-corrected chi connectivity index (χ1v) is 4.35. The Morgan fingerprint density at radius 3 is 2.90 bits per heavy atom. The zero-order valence-corrected chi connectivity index (χ0v) is 6.92. The third-order valence-electron chi connectivity index (χ3n) is 1.36. The van der Waals surface area contributed by atoms with E-state index in [9.17, 15) is 4.57 Å². The van der Waals surface area contributed by atoms with Gasteiger partial charge in [0, 0.05) is 0 Å². The van der Waals surface area contributed by atoms with Crippen LogP contribution >= 0.6 is 8.46 Å². The van der Waals surface area contributed by atoms with Crippen LogP contribution in [0, 0.1) is 6.92 Å². The van der Waals surface area contributed by atoms with Crippen LogP contribution in [0.3, 0.4) is 0 Å². The molecule has 0 aliphatic rings. The van der Waals surface area contributed by atoms with Gasteiger partial charge in [0.15, 0.2) is 6.16 Å². The molecule has 0 saturated carbocycles. The molecular formula is C8H10OP+. The highest BCUT2D eigenvalue weighted by Crippen LogP contribution is 2.09. The van der Waals surface area contributed by atoms with Gasteiger partial charge in [0.05, 0.1) is 0 Å². The van der Waals surface area contributed by atoms with Crippen molar-refractivity contribution >= 4 is 8.46 Å². The van der Waals surface area contributed by atoms with E-state index in [1.165, 1.54) is 5.56 Å². The minimum atomic E-state index is -0.218. The van der Waals surface area contributed by atoms with Crippen molar-refractivity contribution in [3.63, 3.8) is 0 Å². The summed E-state index contributed by atoms with van der Waals surface area (Å²) in [6, 6.07) is 8.09. The SMILES string of the molecule is Cc1cccc(C[PH+]=O)c1. The maximum Gasteiger partial charge on any atom is 0.329 e. The molecular weight excluding hydrogens is 143 g/mol. The van der Waals surface area contributed by atoms with Gasteiger partial charge in [-0.25, -0.2) is 0 Å². The lowest BCUT2D eigenvalue weighted by Gasteiger charge is -1.91. The van der Waals surface area contributed by atoms with Crippen molar-refractivity contribution in [2.45, 2.75) is 13.1 Å². The van der Waals surface area contributed by atoms with Gasteiger partial charge in [-0.1, -0.05) is 34.4 Å². The maximum absolute atomic E-state index is 10.2. The smallest absolute Gasteiger partial charge is 0.0771 e. The van der Waals surface area contributed by atoms with Gasteiger partial charge in [-0.15, -0.1) is 0 Å². The predicted molar refractivity (Wildman–Crippen MR) is 43.9 cm³/mol. The monoisotopic (exact) mass is 153 g/mol. The van der Waals surface area contributed by atoms with Crippen molar-refractivity contribution in [3.05, 3.63) is 35.4 Å². The van der Waals surface area contributed by atoms with Crippen molar-refractivity contribution in [1.29, 1.82) is 0 Å². The average molecular weight is 153 g/mol. The Balaban J connectivity index is 2.84. The Kier molecular flexibility index (Phi) is 2.58. The minimum Gasteiger partial charge on any atom is -0.0771 e. The Morgan fingerprint density at radius 1 is 1.50 bits per heavy atom. The summed E-state index contributed by atoms with van der Waals surface area (Å²) < 4.78 is 10.2. The molecule has 0 bridgehead atoms. The highest BCUT2D eigenvalue weighted by Gasteiger charge is 1.95. The second-order valence-electron chi connectivity index (χ2n) is 2.31. The molecule has 0 spiro atoms. The zero-order chi connectivity index (χ0) is 7.40. The summed E-state index contributed by atoms with van der Waals surface area (Å²) in [6.45, 7) is 2.04. The molecule has 0 aliphatic carbocycles. The molecule has 0 aliphatic heterocycles. The van der Waals surface area contributed by atoms with E-state index in [4.69, 9.17) is 0 Å². The lowest BCUT2D eigenvalue weighted by molar-refractivity contribution is 0.598. The minimum absolute atomic E-state index is 0.218. The Morgan fingerprint density at radius 2 is 2.30 bits per heavy atom. The molecule has 0 amide bonds. The van der Waals surface area contributed by atoms with Crippen LogP contribution < -0.4 is 0 Å². The molecule has 0 radical (unpaired) electrons. The Bertz CT molecular complexity index is 232. The highest BCUT2D eigenvalue weighted by molar-refractivity contribution is 7.22. The normalized spacial score (nSPS) is 10.1. The highest BCUT2D eigenvalue weighted by atomic mass is 31.1. The largest absolute Gasteiger partial charge is 0.329 e. The summed E-state index contributed by atoms with van der Waals surface area (Å²) in [5.74, 6) is 0. The van der Waals surface area contributed by atoms with Crippen molar-refractivity contribution in [3.8, 4) is 0 Å². The van der Waals surface area contributed by atoms with Gasteiger partial charge < -0.3 is 0 Å². The second-order valence-corrected chi connectivity index (χ2v) is 2.95. The Labute approximate surface area is 62.3 Å². The van der Waals surface area contributed by atoms with Crippen molar-refractivity contribution in [2.75, 3.05) is 0 Å². The second kappa shape index (κ2) is 3.48. The lowest BCUT2D eigenvalue weighted by atomic mass is 10.2. The summed E-state index contributed by atoms with van der Waals surface area (Å²) in [6.07, 6.45) is 0.682. The summed E-state index contributed by atoms with van der Waals surface area (Å²) in [7, 11) is -0.218. The molecule has 0 fully saturated rings. The Hall–Kier alpha value is -0.680. The molecule has 1 unspecified atom stereocenters. The van der Waals surface area contributed by atoms with Gasteiger partial charge in [-0.2, -0.15) is 0 Å². The third kappa shape index (κ3) is 1.93. The fourth-order valence-corrected chi connectivity index (χ4v) is 1.29. The van der Waals surface area contributed by atoms with Gasteiger partial charge in [0.2, 0.25) is 0 Å². The van der Waals surface area contributed by atoms with Crippen LogP contribution in [-0.2, 0) is 10.7 Å². The molecule has 2 heteroatoms. The van der Waals surface area contributed by atoms with Crippen molar-refractivity contribution in [2.24, 2.45) is 0 Å². The van der Waals surface area contributed by atoms with E-state index in [1.807, 2.05) is 25.1 Å². The first-order valence-electron chi connectivity index (χ1n) is 3.23. The summed E-state index contributed by atoms with van der Waals surface area (Å²) >= 11 is 0. The van der Waals surface area contributed by atoms with E-state index in [0.717, 1.165) is 5.56 Å². The van der Waals surface area contributed by atoms with E-state index in [-0.39, 0.29) is 8.46 Å². The van der Waals surface area contributed by atoms with Crippen LogP contribution in [-0.4, -0.2) is 0 Å². The van der Waals surface area contributed by atoms with Crippen molar-refractivity contribution < 1.29 is 4.57 Å². The van der Waals surface area contributed by atoms with E-state index >= 15 is 0 Å². The number of hydrogen-bond donors (Lipinski definition) is 0. The van der Waals surface area contributed by atoms with Gasteiger partial charge >= 0.3 is 8.46 Å². The van der Waals surface area contributed by atoms with Gasteiger partial charge in [0.1, 0.15) is 0 Å². The third-order valence-corrected chi connectivity index (χ3v) is 1.91. The van der Waals surface area contributed by atoms with Crippen LogP contribution in [0.15, 0.2) is 24.3 Å². The predicted octanol–water partition coefficient (Wildman–Crippen LogP) is 2.52. The first-order chi connectivity index (χ1) is 4.83. The fraction of sp³-hybridized carbons (Fsp3) is 0.250. The molecule has 52 valence electrons. The van der Waals surface area contributed by atoms with E-state index < -0.39 is 0 Å². The van der Waals surface area contributed by atoms with Gasteiger partial charge in [0.25, 0.3) is 0 Å². The van der Waals surface area contributed by atoms with Crippen LogP contribution in [0.2, 0.25) is 0 Å². The average Bonchev–Trinajstić information content (AvgIpc) is 1.88. The van der Waals surface area contributed by atoms with E-state index in [2.05, 4.69) is 6.07 Å². The molecule has 0 N–H and O–H groups in total. The number of aryl methyl sites for hydroxylation is 1. The molecule has 1 atom stereocenters. The van der Waals surface area contributed by atoms with E-state index in [1.54, 1.807) is 0 Å². The molecule has 1 rings (SSSR count). The van der Waals surface area contributed by atoms with Crippen molar-refractivity contribution in [1.82, 2.24) is 0 Å². The maximum atomic E-state index is 10.2. The molecule has 0 aromatic heterocycles. The summed E-state index contributed by atoms with van der Waals surface area (Å²) in [5, 5.41) is 0. The van der Waals surface area contributed by atoms with Crippen LogP contribution in [0.5, 0.6) is 0 Å². The lowest BCUT2D eigenvalue weighted by Crippen LogP contribution is -1.77. The standard InChI is InChI=1S/C8H9OP/c1-7-3-2-4-8(5-7)6-10-9/h2-5H,6H2,1H3/p+1. The summed E-state index contributed by atoms with van der Waals surface area (Å²) in [4.78, 5) is 0. The van der Waals surface area contributed by atoms with Crippen LogP contribution in [0.25, 0.3) is 0 Å². The topological polar surface area (TPSA) is 17.1 Å². The molecule has 0 heterocycles. The summed E-state index contributed by atoms with van der Waals surface area (Å²) in [5.41, 5.74) is 2.39. The van der Waals surface area contributed by atoms with E-state index in [0.29, 0.717) is 6.16 Å². The number of rotatable bonds is 2. The molecule has 0 saturated heterocycles. The molecule has 1 nitrogen and oxygen atoms in total. The molecule has 10 heavy (non-hydrogen) atoms. The van der Waals surface area contributed by atoms with Gasteiger partial charge in [-0.05, 0) is 12.5 Å². The number of hydrogen-bond acceptors (Lipinski definition) is 1. The molecule has 1 aromatic rings. The fourth-order valence-electron chi connectivity index (χ4n) is 0.905. The molecule has 1 aromatic carbocycles.